The van der Waals surface area contributed by atoms with E-state index in [4.69, 9.17) is 11.6 Å². The Morgan fingerprint density at radius 1 is 1.19 bits per heavy atom. The second-order valence-corrected chi connectivity index (χ2v) is 8.78. The molecule has 0 spiro atoms. The van der Waals surface area contributed by atoms with Crippen LogP contribution in [-0.4, -0.2) is 47.8 Å². The fourth-order valence-corrected chi connectivity index (χ4v) is 5.16. The average molecular weight is 396 g/mol. The number of hydrogen-bond donors (Lipinski definition) is 0. The lowest BCUT2D eigenvalue weighted by Gasteiger charge is -2.20. The van der Waals surface area contributed by atoms with Crippen molar-refractivity contribution < 1.29 is 13.2 Å². The molecule has 1 aromatic carbocycles. The van der Waals surface area contributed by atoms with Crippen LogP contribution in [0.4, 0.5) is 0 Å². The molecule has 1 unspecified atom stereocenters. The van der Waals surface area contributed by atoms with Crippen LogP contribution >= 0.6 is 11.6 Å². The number of sulfone groups is 1. The van der Waals surface area contributed by atoms with Crippen LogP contribution in [0.3, 0.4) is 0 Å². The molecule has 0 N–H and O–H groups in total. The van der Waals surface area contributed by atoms with Gasteiger partial charge in [-0.15, -0.1) is 0 Å². The lowest BCUT2D eigenvalue weighted by Crippen LogP contribution is -2.38. The summed E-state index contributed by atoms with van der Waals surface area (Å²) < 4.78 is 26.4. The van der Waals surface area contributed by atoms with Crippen molar-refractivity contribution in [2.45, 2.75) is 18.2 Å². The number of rotatable bonds is 3. The molecule has 2 heterocycles. The number of benzene rings is 1. The third-order valence-electron chi connectivity index (χ3n) is 4.42. The van der Waals surface area contributed by atoms with Gasteiger partial charge in [-0.3, -0.25) is 9.59 Å². The van der Waals surface area contributed by atoms with Gasteiger partial charge in [-0.1, -0.05) is 29.8 Å². The van der Waals surface area contributed by atoms with Gasteiger partial charge in [0, 0.05) is 30.4 Å². The molecular weight excluding hydrogens is 378 g/mol. The molecule has 1 aliphatic rings. The van der Waals surface area contributed by atoms with Gasteiger partial charge in [-0.2, -0.15) is 5.10 Å². The fourth-order valence-electron chi connectivity index (χ4n) is 3.01. The largest absolute Gasteiger partial charge is 0.340 e. The van der Waals surface area contributed by atoms with Crippen LogP contribution in [0.5, 0.6) is 0 Å². The van der Waals surface area contributed by atoms with Crippen molar-refractivity contribution in [1.29, 1.82) is 0 Å². The maximum Gasteiger partial charge on any atom is 0.267 e. The van der Waals surface area contributed by atoms with Crippen molar-refractivity contribution in [2.75, 3.05) is 18.8 Å². The quantitative estimate of drug-likeness (QED) is 0.781. The summed E-state index contributed by atoms with van der Waals surface area (Å²) in [5.74, 6) is -0.480. The van der Waals surface area contributed by atoms with Crippen molar-refractivity contribution in [3.63, 3.8) is 0 Å². The molecule has 0 saturated carbocycles. The second kappa shape index (κ2) is 7.59. The molecule has 7 nitrogen and oxygen atoms in total. The van der Waals surface area contributed by atoms with Crippen LogP contribution in [0.15, 0.2) is 47.4 Å². The van der Waals surface area contributed by atoms with E-state index in [-0.39, 0.29) is 43.3 Å². The minimum atomic E-state index is -3.45. The van der Waals surface area contributed by atoms with Gasteiger partial charge in [-0.25, -0.2) is 13.1 Å². The summed E-state index contributed by atoms with van der Waals surface area (Å²) in [4.78, 5) is 25.7. The zero-order chi connectivity index (χ0) is 18.7. The Labute approximate surface area is 156 Å². The Balaban J connectivity index is 1.78. The third kappa shape index (κ3) is 3.96. The molecule has 1 amide bonds. The van der Waals surface area contributed by atoms with Crippen LogP contribution in [0, 0.1) is 0 Å². The van der Waals surface area contributed by atoms with E-state index in [1.165, 1.54) is 23.2 Å². The first kappa shape index (κ1) is 18.6. The summed E-state index contributed by atoms with van der Waals surface area (Å²) in [6.07, 6.45) is 1.68. The third-order valence-corrected chi connectivity index (χ3v) is 6.87. The van der Waals surface area contributed by atoms with Gasteiger partial charge in [0.15, 0.2) is 9.84 Å². The van der Waals surface area contributed by atoms with E-state index in [2.05, 4.69) is 5.10 Å². The van der Waals surface area contributed by atoms with Crippen molar-refractivity contribution in [1.82, 2.24) is 14.7 Å². The summed E-state index contributed by atoms with van der Waals surface area (Å²) in [6.45, 7) is 0.149. The molecule has 26 heavy (non-hydrogen) atoms. The molecule has 1 atom stereocenters. The average Bonchev–Trinajstić information content (AvgIpc) is 2.76. The smallest absolute Gasteiger partial charge is 0.267 e. The summed E-state index contributed by atoms with van der Waals surface area (Å²) >= 11 is 6.17. The number of carbonyl (C=O) groups is 1. The van der Waals surface area contributed by atoms with E-state index in [1.54, 1.807) is 24.3 Å². The zero-order valence-electron chi connectivity index (χ0n) is 13.9. The molecule has 1 fully saturated rings. The molecule has 2 aromatic rings. The normalized spacial score (nSPS) is 19.7. The minimum Gasteiger partial charge on any atom is -0.340 e. The number of hydrogen-bond acceptors (Lipinski definition) is 5. The molecule has 0 bridgehead atoms. The molecule has 9 heteroatoms. The molecule has 0 radical (unpaired) electrons. The summed E-state index contributed by atoms with van der Waals surface area (Å²) in [7, 11) is -3.45. The van der Waals surface area contributed by atoms with E-state index in [9.17, 15) is 18.0 Å². The number of amides is 1. The van der Waals surface area contributed by atoms with Crippen molar-refractivity contribution in [3.8, 4) is 0 Å². The first-order valence-electron chi connectivity index (χ1n) is 8.14. The lowest BCUT2D eigenvalue weighted by atomic mass is 10.1. The SMILES string of the molecule is O=C(Cn1ncccc1=O)N1CCC(c2ccccc2Cl)S(=O)(=O)CC1. The Kier molecular flexibility index (Phi) is 5.43. The van der Waals surface area contributed by atoms with Gasteiger partial charge >= 0.3 is 0 Å². The summed E-state index contributed by atoms with van der Waals surface area (Å²) in [5.41, 5.74) is 0.182. The minimum absolute atomic E-state index is 0.0870. The highest BCUT2D eigenvalue weighted by Crippen LogP contribution is 2.33. The van der Waals surface area contributed by atoms with Crippen molar-refractivity contribution in [2.24, 2.45) is 0 Å². The second-order valence-electron chi connectivity index (χ2n) is 6.07. The first-order valence-corrected chi connectivity index (χ1v) is 10.2. The van der Waals surface area contributed by atoms with Crippen LogP contribution < -0.4 is 5.56 Å². The zero-order valence-corrected chi connectivity index (χ0v) is 15.5. The number of nitrogens with zero attached hydrogens (tertiary/aromatic N) is 3. The Hall–Kier alpha value is -2.19. The van der Waals surface area contributed by atoms with E-state index < -0.39 is 15.1 Å². The van der Waals surface area contributed by atoms with E-state index in [0.29, 0.717) is 10.6 Å². The van der Waals surface area contributed by atoms with Gasteiger partial charge in [-0.05, 0) is 24.1 Å². The van der Waals surface area contributed by atoms with E-state index in [1.807, 2.05) is 0 Å². The number of aromatic nitrogens is 2. The summed E-state index contributed by atoms with van der Waals surface area (Å²) in [6, 6.07) is 9.67. The number of carbonyl (C=O) groups excluding carboxylic acids is 1. The topological polar surface area (TPSA) is 89.3 Å². The first-order chi connectivity index (χ1) is 12.4. The molecule has 138 valence electrons. The molecule has 3 rings (SSSR count). The highest BCUT2D eigenvalue weighted by molar-refractivity contribution is 7.91. The van der Waals surface area contributed by atoms with Gasteiger partial charge in [0.05, 0.1) is 11.0 Å². The molecule has 1 aliphatic heterocycles. The molecular formula is C17H18ClN3O4S. The highest BCUT2D eigenvalue weighted by atomic mass is 35.5. The van der Waals surface area contributed by atoms with Gasteiger partial charge in [0.25, 0.3) is 5.56 Å². The lowest BCUT2D eigenvalue weighted by molar-refractivity contribution is -0.131. The predicted molar refractivity (Wildman–Crippen MR) is 97.7 cm³/mol. The Bertz CT molecular complexity index is 974. The van der Waals surface area contributed by atoms with Crippen LogP contribution in [0.25, 0.3) is 0 Å². The molecule has 1 aromatic heterocycles. The van der Waals surface area contributed by atoms with Gasteiger partial charge in [0.2, 0.25) is 5.91 Å². The summed E-state index contributed by atoms with van der Waals surface area (Å²) in [5, 5.41) is 3.52. The predicted octanol–water partition coefficient (Wildman–Crippen LogP) is 1.29. The van der Waals surface area contributed by atoms with E-state index >= 15 is 0 Å². The van der Waals surface area contributed by atoms with Crippen LogP contribution in [0.2, 0.25) is 5.02 Å². The van der Waals surface area contributed by atoms with Crippen molar-refractivity contribution >= 4 is 27.3 Å². The molecule has 1 saturated heterocycles. The Morgan fingerprint density at radius 3 is 2.69 bits per heavy atom. The van der Waals surface area contributed by atoms with Crippen LogP contribution in [0.1, 0.15) is 17.2 Å². The molecule has 0 aliphatic carbocycles. The van der Waals surface area contributed by atoms with Gasteiger partial charge in [0.1, 0.15) is 6.54 Å². The van der Waals surface area contributed by atoms with Crippen LogP contribution in [-0.2, 0) is 21.2 Å². The van der Waals surface area contributed by atoms with Crippen molar-refractivity contribution in [3.05, 3.63) is 63.5 Å². The Morgan fingerprint density at radius 2 is 1.96 bits per heavy atom. The maximum atomic E-state index is 12.7. The van der Waals surface area contributed by atoms with E-state index in [0.717, 1.165) is 4.68 Å². The fraction of sp³-hybridized carbons (Fsp3) is 0.353. The standard InChI is InChI=1S/C17H18ClN3O4S/c18-14-5-2-1-4-13(14)15-7-9-20(10-11-26(15,24)25)17(23)12-21-16(22)6-3-8-19-21/h1-6,8,15H,7,9-12H2. The maximum absolute atomic E-state index is 12.7. The number of halogens is 1. The van der Waals surface area contributed by atoms with Gasteiger partial charge < -0.3 is 4.90 Å². The monoisotopic (exact) mass is 395 g/mol. The highest BCUT2D eigenvalue weighted by Gasteiger charge is 2.33.